The van der Waals surface area contributed by atoms with E-state index in [1.807, 2.05) is 0 Å². The van der Waals surface area contributed by atoms with Crippen molar-refractivity contribution in [3.8, 4) is 0 Å². The Morgan fingerprint density at radius 3 is 3.12 bits per heavy atom. The molecule has 0 spiro atoms. The maximum absolute atomic E-state index is 13.4. The van der Waals surface area contributed by atoms with Gasteiger partial charge in [-0.2, -0.15) is 0 Å². The fourth-order valence-corrected chi connectivity index (χ4v) is 4.22. The first-order chi connectivity index (χ1) is 12.6. The Balaban J connectivity index is 1.34. The molecule has 0 fully saturated rings. The molecule has 3 aromatic rings. The molecule has 0 saturated heterocycles. The second-order valence-corrected chi connectivity index (χ2v) is 7.30. The van der Waals surface area contributed by atoms with Crippen LogP contribution in [-0.2, 0) is 17.8 Å². The van der Waals surface area contributed by atoms with Gasteiger partial charge >= 0.3 is 0 Å². The Morgan fingerprint density at radius 1 is 1.38 bits per heavy atom. The van der Waals surface area contributed by atoms with Crippen LogP contribution in [0.25, 0.3) is 11.0 Å². The first-order valence-corrected chi connectivity index (χ1v) is 9.36. The number of carbonyl (C=O) groups excluding carboxylic acids is 1. The van der Waals surface area contributed by atoms with Gasteiger partial charge in [-0.3, -0.25) is 4.79 Å². The molecule has 8 heteroatoms. The Kier molecular flexibility index (Phi) is 4.69. The Morgan fingerprint density at radius 2 is 2.23 bits per heavy atom. The van der Waals surface area contributed by atoms with E-state index in [1.165, 1.54) is 16.8 Å². The highest BCUT2D eigenvalue weighted by Crippen LogP contribution is 2.27. The molecule has 0 aliphatic carbocycles. The number of imidazole rings is 1. The van der Waals surface area contributed by atoms with Crippen LogP contribution in [0, 0.1) is 11.6 Å². The molecule has 1 unspecified atom stereocenters. The number of thiophene rings is 1. The summed E-state index contributed by atoms with van der Waals surface area (Å²) in [7, 11) is 0. The number of aromatic nitrogens is 2. The summed E-state index contributed by atoms with van der Waals surface area (Å²) in [5.41, 5.74) is 2.12. The lowest BCUT2D eigenvalue weighted by atomic mass is 10.0. The average molecular weight is 376 g/mol. The smallest absolute Gasteiger partial charge is 0.221 e. The first-order valence-electron chi connectivity index (χ1n) is 8.48. The number of nitrogens with zero attached hydrogens (tertiary/aromatic N) is 2. The van der Waals surface area contributed by atoms with E-state index >= 15 is 0 Å². The van der Waals surface area contributed by atoms with Crippen LogP contribution in [0.4, 0.5) is 8.78 Å². The van der Waals surface area contributed by atoms with Crippen molar-refractivity contribution in [1.82, 2.24) is 20.2 Å². The van der Waals surface area contributed by atoms with Crippen LogP contribution in [0.15, 0.2) is 29.9 Å². The molecule has 4 rings (SSSR count). The minimum atomic E-state index is -0.923. The zero-order valence-corrected chi connectivity index (χ0v) is 14.8. The van der Waals surface area contributed by atoms with Gasteiger partial charge < -0.3 is 15.2 Å². The van der Waals surface area contributed by atoms with Gasteiger partial charge in [-0.15, -0.1) is 11.3 Å². The molecule has 5 nitrogen and oxygen atoms in total. The Bertz CT molecular complexity index is 952. The summed E-state index contributed by atoms with van der Waals surface area (Å²) in [6.45, 7) is 1.81. The number of hydrogen-bond donors (Lipinski definition) is 2. The molecule has 2 N–H and O–H groups in total. The predicted molar refractivity (Wildman–Crippen MR) is 96.0 cm³/mol. The van der Waals surface area contributed by atoms with Crippen LogP contribution in [0.5, 0.6) is 0 Å². The summed E-state index contributed by atoms with van der Waals surface area (Å²) in [5, 5.41) is 8.45. The van der Waals surface area contributed by atoms with E-state index < -0.39 is 11.6 Å². The highest BCUT2D eigenvalue weighted by molar-refractivity contribution is 7.10. The van der Waals surface area contributed by atoms with Gasteiger partial charge in [-0.05, 0) is 23.4 Å². The van der Waals surface area contributed by atoms with E-state index in [9.17, 15) is 13.6 Å². The van der Waals surface area contributed by atoms with Gasteiger partial charge in [-0.25, -0.2) is 13.8 Å². The summed E-state index contributed by atoms with van der Waals surface area (Å²) < 4.78 is 28.3. The van der Waals surface area contributed by atoms with E-state index in [1.54, 1.807) is 15.9 Å². The third-order valence-electron chi connectivity index (χ3n) is 4.64. The Labute approximate surface area is 153 Å². The summed E-state index contributed by atoms with van der Waals surface area (Å²) in [4.78, 5) is 17.6. The molecule has 0 bridgehead atoms. The highest BCUT2D eigenvalue weighted by Gasteiger charge is 2.21. The van der Waals surface area contributed by atoms with Gasteiger partial charge in [0.05, 0.1) is 23.4 Å². The molecule has 1 aliphatic rings. The van der Waals surface area contributed by atoms with E-state index in [0.717, 1.165) is 25.1 Å². The molecule has 26 heavy (non-hydrogen) atoms. The maximum atomic E-state index is 13.4. The van der Waals surface area contributed by atoms with Gasteiger partial charge in [0.25, 0.3) is 0 Å². The molecule has 0 saturated carbocycles. The summed E-state index contributed by atoms with van der Waals surface area (Å²) >= 11 is 1.75. The van der Waals surface area contributed by atoms with E-state index in [0.29, 0.717) is 24.1 Å². The standard InChI is InChI=1S/C18H18F2N4OS/c19-12-7-14-16(8-13(12)20)24(10-23-14)5-2-18(25)22-9-15-11-3-6-26-17(11)1-4-21-15/h3,6-8,10,15,21H,1-2,4-5,9H2,(H,22,25). The van der Waals surface area contributed by atoms with Gasteiger partial charge in [-0.1, -0.05) is 0 Å². The Hall–Kier alpha value is -2.32. The number of carbonyl (C=O) groups is 1. The lowest BCUT2D eigenvalue weighted by molar-refractivity contribution is -0.121. The van der Waals surface area contributed by atoms with E-state index in [-0.39, 0.29) is 18.4 Å². The molecule has 2 aromatic heterocycles. The van der Waals surface area contributed by atoms with Crippen LogP contribution in [0.2, 0.25) is 0 Å². The fourth-order valence-electron chi connectivity index (χ4n) is 3.27. The maximum Gasteiger partial charge on any atom is 0.221 e. The molecule has 1 atom stereocenters. The van der Waals surface area contributed by atoms with Gasteiger partial charge in [0, 0.05) is 43.1 Å². The van der Waals surface area contributed by atoms with Crippen molar-refractivity contribution in [2.24, 2.45) is 0 Å². The molecule has 1 aliphatic heterocycles. The summed E-state index contributed by atoms with van der Waals surface area (Å²) in [5.74, 6) is -1.93. The van der Waals surface area contributed by atoms with E-state index in [2.05, 4.69) is 27.1 Å². The zero-order chi connectivity index (χ0) is 18.1. The molecule has 3 heterocycles. The number of benzene rings is 1. The molecule has 136 valence electrons. The lowest BCUT2D eigenvalue weighted by Gasteiger charge is -2.24. The number of rotatable bonds is 5. The minimum Gasteiger partial charge on any atom is -0.354 e. The first kappa shape index (κ1) is 17.1. The van der Waals surface area contributed by atoms with Crippen LogP contribution in [0.1, 0.15) is 22.9 Å². The average Bonchev–Trinajstić information content (AvgIpc) is 3.26. The van der Waals surface area contributed by atoms with Crippen molar-refractivity contribution in [2.45, 2.75) is 25.4 Å². The SMILES string of the molecule is O=C(CCn1cnc2cc(F)c(F)cc21)NCC1NCCc2sccc21. The third kappa shape index (κ3) is 3.34. The largest absolute Gasteiger partial charge is 0.354 e. The van der Waals surface area contributed by atoms with Crippen LogP contribution >= 0.6 is 11.3 Å². The molecule has 1 amide bonds. The topological polar surface area (TPSA) is 59.0 Å². The second kappa shape index (κ2) is 7.13. The normalized spacial score (nSPS) is 16.6. The number of nitrogens with one attached hydrogen (secondary N) is 2. The van der Waals surface area contributed by atoms with Crippen LogP contribution in [-0.4, -0.2) is 28.5 Å². The number of hydrogen-bond acceptors (Lipinski definition) is 4. The molecule has 0 radical (unpaired) electrons. The number of amides is 1. The summed E-state index contributed by atoms with van der Waals surface area (Å²) in [6, 6.07) is 4.42. The monoisotopic (exact) mass is 376 g/mol. The van der Waals surface area contributed by atoms with Crippen molar-refractivity contribution >= 4 is 28.3 Å². The number of halogens is 2. The van der Waals surface area contributed by atoms with Crippen molar-refractivity contribution in [3.63, 3.8) is 0 Å². The second-order valence-electron chi connectivity index (χ2n) is 6.30. The number of aryl methyl sites for hydroxylation is 1. The predicted octanol–water partition coefficient (Wildman–Crippen LogP) is 2.77. The zero-order valence-electron chi connectivity index (χ0n) is 14.0. The third-order valence-corrected chi connectivity index (χ3v) is 5.64. The van der Waals surface area contributed by atoms with Crippen molar-refractivity contribution in [1.29, 1.82) is 0 Å². The van der Waals surface area contributed by atoms with Crippen LogP contribution in [0.3, 0.4) is 0 Å². The van der Waals surface area contributed by atoms with E-state index in [4.69, 9.17) is 0 Å². The van der Waals surface area contributed by atoms with Gasteiger partial charge in [0.1, 0.15) is 0 Å². The van der Waals surface area contributed by atoms with Gasteiger partial charge in [0.15, 0.2) is 11.6 Å². The fraction of sp³-hybridized carbons (Fsp3) is 0.333. The summed E-state index contributed by atoms with van der Waals surface area (Å²) in [6.07, 6.45) is 2.77. The highest BCUT2D eigenvalue weighted by atomic mass is 32.1. The molecular weight excluding hydrogens is 358 g/mol. The van der Waals surface area contributed by atoms with Crippen molar-refractivity contribution < 1.29 is 13.6 Å². The molecular formula is C18H18F2N4OS. The lowest BCUT2D eigenvalue weighted by Crippen LogP contribution is -2.38. The van der Waals surface area contributed by atoms with Crippen molar-refractivity contribution in [2.75, 3.05) is 13.1 Å². The van der Waals surface area contributed by atoms with Crippen molar-refractivity contribution in [3.05, 3.63) is 52.0 Å². The minimum absolute atomic E-state index is 0.0846. The van der Waals surface area contributed by atoms with Gasteiger partial charge in [0.2, 0.25) is 5.91 Å². The molecule has 1 aromatic carbocycles. The number of fused-ring (bicyclic) bond motifs is 2. The van der Waals surface area contributed by atoms with Crippen LogP contribution < -0.4 is 10.6 Å². The quantitative estimate of drug-likeness (QED) is 0.720.